The number of ether oxygens (including phenoxy) is 1. The molecule has 0 radical (unpaired) electrons. The third-order valence-corrected chi connectivity index (χ3v) is 8.81. The van der Waals surface area contributed by atoms with Crippen LogP contribution in [0, 0.1) is 11.6 Å². The SMILES string of the molecule is COCC(C)Nc1cc(C[C@H](C)N(C)C)ccc1C(=O)Nc1nn(C(=O)O)c2ccc(S(=O)(=O)c3cc(F)cc(F)c3)cc12. The number of rotatable bonds is 11. The quantitative estimate of drug-likeness (QED) is 0.212. The average Bonchev–Trinajstić information content (AvgIpc) is 3.30. The zero-order chi connectivity index (χ0) is 32.3. The van der Waals surface area contributed by atoms with Crippen molar-refractivity contribution in [3.05, 3.63) is 77.4 Å². The highest BCUT2D eigenvalue weighted by Crippen LogP contribution is 2.31. The van der Waals surface area contributed by atoms with Gasteiger partial charge in [-0.1, -0.05) is 6.07 Å². The van der Waals surface area contributed by atoms with E-state index in [-0.39, 0.29) is 39.3 Å². The van der Waals surface area contributed by atoms with Crippen molar-refractivity contribution in [2.75, 3.05) is 38.4 Å². The van der Waals surface area contributed by atoms with Crippen molar-refractivity contribution in [2.24, 2.45) is 0 Å². The Labute approximate surface area is 253 Å². The van der Waals surface area contributed by atoms with E-state index in [9.17, 15) is 31.9 Å². The van der Waals surface area contributed by atoms with E-state index in [4.69, 9.17) is 4.74 Å². The molecule has 14 heteroatoms. The number of carboxylic acid groups (broad SMARTS) is 1. The van der Waals surface area contributed by atoms with Crippen molar-refractivity contribution in [1.29, 1.82) is 0 Å². The molecular formula is C30H33F2N5O6S. The fourth-order valence-corrected chi connectivity index (χ4v) is 5.94. The molecule has 0 spiro atoms. The van der Waals surface area contributed by atoms with Crippen LogP contribution < -0.4 is 10.6 Å². The molecule has 0 aliphatic rings. The summed E-state index contributed by atoms with van der Waals surface area (Å²) in [6.45, 7) is 4.32. The number of carbonyl (C=O) groups excluding carboxylic acids is 1. The van der Waals surface area contributed by atoms with E-state index < -0.39 is 38.4 Å². The molecule has 2 atom stereocenters. The maximum Gasteiger partial charge on any atom is 0.432 e. The second kappa shape index (κ2) is 13.1. The van der Waals surface area contributed by atoms with Crippen molar-refractivity contribution in [1.82, 2.24) is 14.7 Å². The van der Waals surface area contributed by atoms with Crippen LogP contribution in [0.25, 0.3) is 10.9 Å². The zero-order valence-electron chi connectivity index (χ0n) is 24.8. The molecule has 4 rings (SSSR count). The Morgan fingerprint density at radius 3 is 2.32 bits per heavy atom. The van der Waals surface area contributed by atoms with Crippen molar-refractivity contribution < 1.29 is 36.6 Å². The lowest BCUT2D eigenvalue weighted by atomic mass is 10.0. The van der Waals surface area contributed by atoms with Crippen molar-refractivity contribution >= 4 is 44.2 Å². The highest BCUT2D eigenvalue weighted by molar-refractivity contribution is 7.91. The van der Waals surface area contributed by atoms with E-state index in [0.717, 1.165) is 17.7 Å². The summed E-state index contributed by atoms with van der Waals surface area (Å²) in [5.74, 6) is -3.02. The number of hydrogen-bond acceptors (Lipinski definition) is 8. The first-order valence-electron chi connectivity index (χ1n) is 13.5. The number of sulfone groups is 1. The van der Waals surface area contributed by atoms with Crippen LogP contribution in [0.4, 0.5) is 25.1 Å². The van der Waals surface area contributed by atoms with Gasteiger partial charge in [-0.25, -0.2) is 22.0 Å². The van der Waals surface area contributed by atoms with Gasteiger partial charge in [0.15, 0.2) is 5.82 Å². The Bertz CT molecular complexity index is 1810. The number of aromatic nitrogens is 2. The molecule has 0 saturated heterocycles. The summed E-state index contributed by atoms with van der Waals surface area (Å²) in [6.07, 6.45) is -0.768. The Morgan fingerprint density at radius 2 is 1.70 bits per heavy atom. The second-order valence-electron chi connectivity index (χ2n) is 10.7. The minimum Gasteiger partial charge on any atom is -0.463 e. The summed E-state index contributed by atoms with van der Waals surface area (Å²) in [4.78, 5) is 26.6. The standard InChI is InChI=1S/C30H33F2N5O6S/c1-17(16-43-5)33-26-11-19(10-18(2)36(3)4)6-8-24(26)29(38)34-28-25-15-22(7-9-27(25)37(35-28)30(39)40)44(41,42)23-13-20(31)12-21(32)14-23/h6-9,11-15,17-18,33H,10,16H2,1-5H3,(H,39,40)(H,34,35,38)/t17?,18-/m0/s1. The van der Waals surface area contributed by atoms with Gasteiger partial charge in [0, 0.05) is 36.3 Å². The second-order valence-corrected chi connectivity index (χ2v) is 12.6. The Morgan fingerprint density at radius 1 is 1.02 bits per heavy atom. The third kappa shape index (κ3) is 7.04. The molecule has 3 aromatic carbocycles. The van der Waals surface area contributed by atoms with E-state index >= 15 is 0 Å². The lowest BCUT2D eigenvalue weighted by Gasteiger charge is -2.22. The summed E-state index contributed by atoms with van der Waals surface area (Å²) in [5, 5.41) is 19.6. The lowest BCUT2D eigenvalue weighted by molar-refractivity contribution is 0.102. The van der Waals surface area contributed by atoms with Crippen LogP contribution in [0.15, 0.2) is 64.4 Å². The van der Waals surface area contributed by atoms with Gasteiger partial charge in [-0.15, -0.1) is 5.10 Å². The van der Waals surface area contributed by atoms with Gasteiger partial charge in [0.05, 0.1) is 27.5 Å². The fourth-order valence-electron chi connectivity index (χ4n) is 4.61. The first kappa shape index (κ1) is 32.5. The van der Waals surface area contributed by atoms with E-state index in [1.165, 1.54) is 6.07 Å². The molecule has 0 fully saturated rings. The first-order valence-corrected chi connectivity index (χ1v) is 15.0. The highest BCUT2D eigenvalue weighted by atomic mass is 32.2. The summed E-state index contributed by atoms with van der Waals surface area (Å²) in [7, 11) is 1.07. The summed E-state index contributed by atoms with van der Waals surface area (Å²) >= 11 is 0. The first-order chi connectivity index (χ1) is 20.7. The highest BCUT2D eigenvalue weighted by Gasteiger charge is 2.25. The van der Waals surface area contributed by atoms with Crippen LogP contribution in [0.5, 0.6) is 0 Å². The van der Waals surface area contributed by atoms with Gasteiger partial charge in [-0.05, 0) is 82.4 Å². The number of halogens is 2. The molecular weight excluding hydrogens is 596 g/mol. The number of benzene rings is 3. The smallest absolute Gasteiger partial charge is 0.432 e. The van der Waals surface area contributed by atoms with Gasteiger partial charge >= 0.3 is 6.09 Å². The Balaban J connectivity index is 1.76. The molecule has 1 amide bonds. The van der Waals surface area contributed by atoms with Gasteiger partial charge in [-0.2, -0.15) is 4.68 Å². The Hall–Kier alpha value is -4.40. The van der Waals surface area contributed by atoms with E-state index in [1.54, 1.807) is 13.2 Å². The molecule has 3 N–H and O–H groups in total. The molecule has 0 bridgehead atoms. The minimum absolute atomic E-state index is 0.0163. The number of amides is 1. The van der Waals surface area contributed by atoms with Gasteiger partial charge in [0.25, 0.3) is 5.91 Å². The van der Waals surface area contributed by atoms with Crippen molar-refractivity contribution in [3.63, 3.8) is 0 Å². The number of likely N-dealkylation sites (N-methyl/N-ethyl adjacent to an activating group) is 1. The molecule has 11 nitrogen and oxygen atoms in total. The molecule has 0 saturated carbocycles. The number of methoxy groups -OCH3 is 1. The number of fused-ring (bicyclic) bond motifs is 1. The predicted octanol–water partition coefficient (Wildman–Crippen LogP) is 4.87. The van der Waals surface area contributed by atoms with Crippen LogP contribution in [-0.4, -0.2) is 80.1 Å². The molecule has 44 heavy (non-hydrogen) atoms. The van der Waals surface area contributed by atoms with Crippen LogP contribution in [0.3, 0.4) is 0 Å². The molecule has 0 aliphatic carbocycles. The number of nitrogens with one attached hydrogen (secondary N) is 2. The van der Waals surface area contributed by atoms with Crippen molar-refractivity contribution in [3.8, 4) is 0 Å². The number of hydrogen-bond donors (Lipinski definition) is 3. The van der Waals surface area contributed by atoms with Gasteiger partial charge in [0.1, 0.15) is 11.6 Å². The number of anilines is 2. The molecule has 234 valence electrons. The average molecular weight is 630 g/mol. The maximum atomic E-state index is 13.8. The lowest BCUT2D eigenvalue weighted by Crippen LogP contribution is -2.27. The molecule has 0 aliphatic heterocycles. The molecule has 1 aromatic heterocycles. The summed E-state index contributed by atoms with van der Waals surface area (Å²) in [6, 6.07) is 10.6. The van der Waals surface area contributed by atoms with E-state index in [0.29, 0.717) is 41.6 Å². The topological polar surface area (TPSA) is 143 Å². The minimum atomic E-state index is -4.43. The van der Waals surface area contributed by atoms with Gasteiger partial charge in [-0.3, -0.25) is 4.79 Å². The number of nitrogens with zero attached hydrogens (tertiary/aromatic N) is 3. The largest absolute Gasteiger partial charge is 0.463 e. The third-order valence-electron chi connectivity index (χ3n) is 7.08. The molecule has 1 heterocycles. The van der Waals surface area contributed by atoms with Crippen LogP contribution in [0.2, 0.25) is 0 Å². The van der Waals surface area contributed by atoms with Crippen molar-refractivity contribution in [2.45, 2.75) is 42.1 Å². The van der Waals surface area contributed by atoms with E-state index in [2.05, 4.69) is 27.6 Å². The van der Waals surface area contributed by atoms with Gasteiger partial charge < -0.3 is 25.4 Å². The van der Waals surface area contributed by atoms with Crippen LogP contribution in [-0.2, 0) is 21.0 Å². The maximum absolute atomic E-state index is 13.8. The zero-order valence-corrected chi connectivity index (χ0v) is 25.6. The van der Waals surface area contributed by atoms with Crippen LogP contribution in [0.1, 0.15) is 29.8 Å². The monoisotopic (exact) mass is 629 g/mol. The Kier molecular flexibility index (Phi) is 9.66. The molecule has 4 aromatic rings. The number of carbonyl (C=O) groups is 2. The summed E-state index contributed by atoms with van der Waals surface area (Å²) < 4.78 is 59.9. The van der Waals surface area contributed by atoms with Gasteiger partial charge in [0.2, 0.25) is 9.84 Å². The fraction of sp³-hybridized carbons (Fsp3) is 0.300. The normalized spacial score (nSPS) is 13.2. The summed E-state index contributed by atoms with van der Waals surface area (Å²) in [5.41, 5.74) is 1.69. The predicted molar refractivity (Wildman–Crippen MR) is 161 cm³/mol. The molecule has 1 unspecified atom stereocenters. The van der Waals surface area contributed by atoms with Crippen LogP contribution >= 0.6 is 0 Å². The van der Waals surface area contributed by atoms with E-state index in [1.807, 2.05) is 33.2 Å².